The molecule has 0 N–H and O–H groups in total. The van der Waals surface area contributed by atoms with E-state index in [0.29, 0.717) is 5.75 Å². The lowest BCUT2D eigenvalue weighted by molar-refractivity contribution is -0.139. The Hall–Kier alpha value is -2.47. The van der Waals surface area contributed by atoms with Crippen LogP contribution in [0.1, 0.15) is 28.8 Å². The van der Waals surface area contributed by atoms with Crippen LogP contribution in [-0.4, -0.2) is 29.0 Å². The van der Waals surface area contributed by atoms with Crippen LogP contribution in [0.5, 0.6) is 5.75 Å². The Labute approximate surface area is 163 Å². The van der Waals surface area contributed by atoms with E-state index in [9.17, 15) is 4.79 Å². The maximum Gasteiger partial charge on any atom is 0.314 e. The SMILES string of the molecule is Cc1cccc(OC(=O)C2CCN(c3ncnc4sc(C)c(C)c34)CC2)c1. The fraction of sp³-hybridized carbons (Fsp3) is 0.381. The van der Waals surface area contributed by atoms with Crippen molar-refractivity contribution in [2.45, 2.75) is 33.6 Å². The van der Waals surface area contributed by atoms with Crippen LogP contribution in [0.15, 0.2) is 30.6 Å². The highest BCUT2D eigenvalue weighted by Crippen LogP contribution is 2.35. The highest BCUT2D eigenvalue weighted by Gasteiger charge is 2.28. The van der Waals surface area contributed by atoms with Gasteiger partial charge in [-0.2, -0.15) is 0 Å². The van der Waals surface area contributed by atoms with E-state index < -0.39 is 0 Å². The first-order chi connectivity index (χ1) is 13.0. The van der Waals surface area contributed by atoms with Gasteiger partial charge < -0.3 is 9.64 Å². The third kappa shape index (κ3) is 3.54. The molecule has 0 spiro atoms. The second-order valence-corrected chi connectivity index (χ2v) is 8.36. The normalized spacial score (nSPS) is 15.3. The molecule has 0 atom stereocenters. The summed E-state index contributed by atoms with van der Waals surface area (Å²) in [6.07, 6.45) is 3.20. The quantitative estimate of drug-likeness (QED) is 0.496. The van der Waals surface area contributed by atoms with E-state index in [2.05, 4.69) is 28.7 Å². The number of hydrogen-bond acceptors (Lipinski definition) is 6. The minimum absolute atomic E-state index is 0.0654. The zero-order valence-electron chi connectivity index (χ0n) is 15.9. The predicted octanol–water partition coefficient (Wildman–Crippen LogP) is 4.44. The molecule has 3 heterocycles. The number of aryl methyl sites for hydroxylation is 3. The Morgan fingerprint density at radius 2 is 1.96 bits per heavy atom. The van der Waals surface area contributed by atoms with Crippen molar-refractivity contribution < 1.29 is 9.53 Å². The Morgan fingerprint density at radius 3 is 2.70 bits per heavy atom. The number of benzene rings is 1. The minimum atomic E-state index is -0.129. The Bertz CT molecular complexity index is 990. The molecular weight excluding hydrogens is 358 g/mol. The number of piperidine rings is 1. The molecule has 3 aromatic rings. The lowest BCUT2D eigenvalue weighted by Gasteiger charge is -2.32. The number of aromatic nitrogens is 2. The fourth-order valence-electron chi connectivity index (χ4n) is 3.61. The molecule has 0 unspecified atom stereocenters. The van der Waals surface area contributed by atoms with Gasteiger partial charge in [0.25, 0.3) is 0 Å². The molecule has 0 bridgehead atoms. The van der Waals surface area contributed by atoms with Gasteiger partial charge in [0.2, 0.25) is 0 Å². The van der Waals surface area contributed by atoms with Crippen molar-refractivity contribution >= 4 is 33.3 Å². The number of rotatable bonds is 3. The summed E-state index contributed by atoms with van der Waals surface area (Å²) in [6.45, 7) is 7.85. The number of fused-ring (bicyclic) bond motifs is 1. The molecule has 0 amide bonds. The molecule has 5 nitrogen and oxygen atoms in total. The highest BCUT2D eigenvalue weighted by molar-refractivity contribution is 7.18. The van der Waals surface area contributed by atoms with Gasteiger partial charge in [0.15, 0.2) is 0 Å². The molecule has 6 heteroatoms. The van der Waals surface area contributed by atoms with Crippen molar-refractivity contribution in [2.24, 2.45) is 5.92 Å². The topological polar surface area (TPSA) is 55.3 Å². The Kier molecular flexibility index (Phi) is 4.83. The molecule has 1 aliphatic rings. The van der Waals surface area contributed by atoms with Crippen molar-refractivity contribution in [2.75, 3.05) is 18.0 Å². The number of hydrogen-bond donors (Lipinski definition) is 0. The second-order valence-electron chi connectivity index (χ2n) is 7.16. The van der Waals surface area contributed by atoms with Crippen molar-refractivity contribution in [3.63, 3.8) is 0 Å². The van der Waals surface area contributed by atoms with Gasteiger partial charge in [-0.05, 0) is 56.9 Å². The molecule has 1 aliphatic heterocycles. The van der Waals surface area contributed by atoms with E-state index in [1.165, 1.54) is 10.4 Å². The molecular formula is C21H23N3O2S. The first-order valence-electron chi connectivity index (χ1n) is 9.27. The lowest BCUT2D eigenvalue weighted by atomic mass is 9.96. The number of anilines is 1. The van der Waals surface area contributed by atoms with Crippen molar-refractivity contribution in [1.82, 2.24) is 9.97 Å². The molecule has 140 valence electrons. The largest absolute Gasteiger partial charge is 0.426 e. The first-order valence-corrected chi connectivity index (χ1v) is 10.1. The maximum absolute atomic E-state index is 12.5. The standard InChI is InChI=1S/C21H23N3O2S/c1-13-5-4-6-17(11-13)26-21(25)16-7-9-24(10-8-16)19-18-14(2)15(3)27-20(18)23-12-22-19/h4-6,11-12,16H,7-10H2,1-3H3. The van der Waals surface area contributed by atoms with E-state index in [-0.39, 0.29) is 11.9 Å². The summed E-state index contributed by atoms with van der Waals surface area (Å²) in [5, 5.41) is 1.15. The molecule has 1 fully saturated rings. The average molecular weight is 382 g/mol. The van der Waals surface area contributed by atoms with Crippen LogP contribution in [0.25, 0.3) is 10.2 Å². The van der Waals surface area contributed by atoms with Crippen LogP contribution in [-0.2, 0) is 4.79 Å². The van der Waals surface area contributed by atoms with Crippen LogP contribution >= 0.6 is 11.3 Å². The van der Waals surface area contributed by atoms with Gasteiger partial charge in [-0.1, -0.05) is 12.1 Å². The van der Waals surface area contributed by atoms with E-state index in [0.717, 1.165) is 47.5 Å². The Balaban J connectivity index is 1.46. The fourth-order valence-corrected chi connectivity index (χ4v) is 4.60. The van der Waals surface area contributed by atoms with Crippen molar-refractivity contribution in [1.29, 1.82) is 0 Å². The number of ether oxygens (including phenoxy) is 1. The van der Waals surface area contributed by atoms with Gasteiger partial charge in [-0.25, -0.2) is 9.97 Å². The van der Waals surface area contributed by atoms with Crippen LogP contribution in [0.4, 0.5) is 5.82 Å². The van der Waals surface area contributed by atoms with E-state index in [1.54, 1.807) is 17.7 Å². The van der Waals surface area contributed by atoms with Gasteiger partial charge in [-0.3, -0.25) is 4.79 Å². The first kappa shape index (κ1) is 17.9. The van der Waals surface area contributed by atoms with Gasteiger partial charge in [-0.15, -0.1) is 11.3 Å². The lowest BCUT2D eigenvalue weighted by Crippen LogP contribution is -2.38. The zero-order chi connectivity index (χ0) is 19.0. The molecule has 2 aromatic heterocycles. The average Bonchev–Trinajstić information content (AvgIpc) is 2.96. The van der Waals surface area contributed by atoms with Crippen LogP contribution in [0, 0.1) is 26.7 Å². The van der Waals surface area contributed by atoms with Crippen molar-refractivity contribution in [3.8, 4) is 5.75 Å². The number of carbonyl (C=O) groups excluding carboxylic acids is 1. The maximum atomic E-state index is 12.5. The molecule has 0 saturated carbocycles. The molecule has 0 radical (unpaired) electrons. The Morgan fingerprint density at radius 1 is 1.19 bits per heavy atom. The molecule has 27 heavy (non-hydrogen) atoms. The van der Waals surface area contributed by atoms with Crippen molar-refractivity contribution in [3.05, 3.63) is 46.6 Å². The number of thiophene rings is 1. The third-order valence-electron chi connectivity index (χ3n) is 5.28. The predicted molar refractivity (Wildman–Crippen MR) is 109 cm³/mol. The molecule has 1 aromatic carbocycles. The number of nitrogens with zero attached hydrogens (tertiary/aromatic N) is 3. The van der Waals surface area contributed by atoms with E-state index in [1.807, 2.05) is 31.2 Å². The van der Waals surface area contributed by atoms with Crippen LogP contribution in [0.3, 0.4) is 0 Å². The van der Waals surface area contributed by atoms with Gasteiger partial charge in [0.1, 0.15) is 22.7 Å². The van der Waals surface area contributed by atoms with Crippen LogP contribution < -0.4 is 9.64 Å². The summed E-state index contributed by atoms with van der Waals surface area (Å²) >= 11 is 1.71. The van der Waals surface area contributed by atoms with E-state index >= 15 is 0 Å². The molecule has 0 aliphatic carbocycles. The summed E-state index contributed by atoms with van der Waals surface area (Å²) in [5.74, 6) is 1.43. The number of esters is 1. The van der Waals surface area contributed by atoms with Gasteiger partial charge in [0, 0.05) is 18.0 Å². The van der Waals surface area contributed by atoms with Crippen LogP contribution in [0.2, 0.25) is 0 Å². The summed E-state index contributed by atoms with van der Waals surface area (Å²) in [7, 11) is 0. The van der Waals surface area contributed by atoms with Gasteiger partial charge >= 0.3 is 5.97 Å². The number of carbonyl (C=O) groups is 1. The van der Waals surface area contributed by atoms with E-state index in [4.69, 9.17) is 4.74 Å². The van der Waals surface area contributed by atoms with Gasteiger partial charge in [0.05, 0.1) is 11.3 Å². The zero-order valence-corrected chi connectivity index (χ0v) is 16.7. The third-order valence-corrected chi connectivity index (χ3v) is 6.40. The monoisotopic (exact) mass is 381 g/mol. The highest BCUT2D eigenvalue weighted by atomic mass is 32.1. The summed E-state index contributed by atoms with van der Waals surface area (Å²) < 4.78 is 5.59. The molecule has 4 rings (SSSR count). The molecule has 1 saturated heterocycles. The second kappa shape index (κ2) is 7.27. The summed E-state index contributed by atoms with van der Waals surface area (Å²) in [5.41, 5.74) is 2.34. The smallest absolute Gasteiger partial charge is 0.314 e. The summed E-state index contributed by atoms with van der Waals surface area (Å²) in [6, 6.07) is 7.63. The summed E-state index contributed by atoms with van der Waals surface area (Å²) in [4.78, 5) is 26.1. The minimum Gasteiger partial charge on any atom is -0.426 e.